The maximum Gasteiger partial charge on any atom is 0.306 e. The van der Waals surface area contributed by atoms with Crippen LogP contribution in [-0.2, 0) is 14.3 Å². The van der Waals surface area contributed by atoms with Gasteiger partial charge in [-0.15, -0.1) is 0 Å². The first-order valence-electron chi connectivity index (χ1n) is 10.9. The normalized spacial score (nSPS) is 26.9. The first-order chi connectivity index (χ1) is 15.1. The lowest BCUT2D eigenvalue weighted by molar-refractivity contribution is -0.154. The van der Waals surface area contributed by atoms with Crippen molar-refractivity contribution in [3.05, 3.63) is 59.0 Å². The predicted molar refractivity (Wildman–Crippen MR) is 115 cm³/mol. The van der Waals surface area contributed by atoms with Crippen molar-refractivity contribution in [2.45, 2.75) is 44.6 Å². The van der Waals surface area contributed by atoms with Gasteiger partial charge in [-0.3, -0.25) is 9.59 Å². The van der Waals surface area contributed by atoms with Crippen LogP contribution in [0.2, 0.25) is 5.02 Å². The van der Waals surface area contributed by atoms with Crippen LogP contribution in [-0.4, -0.2) is 29.2 Å². The zero-order valence-electron chi connectivity index (χ0n) is 17.2. The number of benzene rings is 1. The van der Waals surface area contributed by atoms with Gasteiger partial charge in [0.1, 0.15) is 11.8 Å². The quantitative estimate of drug-likeness (QED) is 0.594. The fourth-order valence-electron chi connectivity index (χ4n) is 5.37. The summed E-state index contributed by atoms with van der Waals surface area (Å²) in [5, 5.41) is 6.57. The molecule has 2 aromatic rings. The highest BCUT2D eigenvalue weighted by Crippen LogP contribution is 2.49. The molecule has 0 spiro atoms. The third-order valence-electron chi connectivity index (χ3n) is 6.88. The van der Waals surface area contributed by atoms with E-state index >= 15 is 0 Å². The summed E-state index contributed by atoms with van der Waals surface area (Å²) in [4.78, 5) is 25.3. The summed E-state index contributed by atoms with van der Waals surface area (Å²) in [5.41, 5.74) is 1.66. The second-order valence-electron chi connectivity index (χ2n) is 8.83. The number of esters is 1. The fraction of sp³-hybridized carbons (Fsp3) is 0.458. The van der Waals surface area contributed by atoms with Crippen LogP contribution in [0, 0.1) is 17.8 Å². The van der Waals surface area contributed by atoms with Crippen molar-refractivity contribution in [1.82, 2.24) is 5.01 Å². The zero-order chi connectivity index (χ0) is 21.4. The summed E-state index contributed by atoms with van der Waals surface area (Å²) in [6, 6.07) is 10.6. The molecule has 7 heteroatoms. The molecule has 1 aromatic carbocycles. The van der Waals surface area contributed by atoms with Gasteiger partial charge in [0.2, 0.25) is 0 Å². The molecule has 2 aliphatic carbocycles. The van der Waals surface area contributed by atoms with E-state index in [4.69, 9.17) is 20.8 Å². The Kier molecular flexibility index (Phi) is 5.57. The highest BCUT2D eigenvalue weighted by atomic mass is 35.5. The number of hydrazone groups is 1. The lowest BCUT2D eigenvalue weighted by Gasteiger charge is -2.21. The van der Waals surface area contributed by atoms with Crippen molar-refractivity contribution in [3.8, 4) is 0 Å². The minimum Gasteiger partial charge on any atom is -0.467 e. The standard InChI is InChI=1S/C24H25ClN2O4/c25-19-7-5-16(6-8-19)20-13-21(22-2-1-9-30-22)27(26-20)23(28)14-31-24(29)12-18-11-15-3-4-17(18)10-15/h1-2,5-9,15,17-18,21H,3-4,10-14H2/t15-,17-,18+,21+/m1/s1. The van der Waals surface area contributed by atoms with Crippen LogP contribution in [0.15, 0.2) is 52.2 Å². The van der Waals surface area contributed by atoms with Gasteiger partial charge >= 0.3 is 5.97 Å². The molecular weight excluding hydrogens is 416 g/mol. The number of carbonyl (C=O) groups is 2. The highest BCUT2D eigenvalue weighted by molar-refractivity contribution is 6.30. The molecule has 1 aliphatic heterocycles. The molecule has 1 aromatic heterocycles. The lowest BCUT2D eigenvalue weighted by atomic mass is 9.86. The van der Waals surface area contributed by atoms with E-state index in [1.807, 2.05) is 18.2 Å². The van der Waals surface area contributed by atoms with E-state index < -0.39 is 0 Å². The van der Waals surface area contributed by atoms with E-state index in [9.17, 15) is 9.59 Å². The summed E-state index contributed by atoms with van der Waals surface area (Å²) in [5.74, 6) is 1.85. The molecule has 6 nitrogen and oxygen atoms in total. The molecule has 3 aliphatic rings. The smallest absolute Gasteiger partial charge is 0.306 e. The molecule has 31 heavy (non-hydrogen) atoms. The van der Waals surface area contributed by atoms with E-state index in [2.05, 4.69) is 5.10 Å². The molecule has 4 atom stereocenters. The van der Waals surface area contributed by atoms with Gasteiger partial charge in [0.25, 0.3) is 5.91 Å². The first kappa shape index (κ1) is 20.3. The summed E-state index contributed by atoms with van der Waals surface area (Å²) in [6.45, 7) is -0.311. The highest BCUT2D eigenvalue weighted by Gasteiger charge is 2.41. The van der Waals surface area contributed by atoms with Gasteiger partial charge in [-0.2, -0.15) is 5.10 Å². The molecule has 2 fully saturated rings. The molecular formula is C24H25ClN2O4. The van der Waals surface area contributed by atoms with Crippen molar-refractivity contribution in [2.75, 3.05) is 6.61 Å². The van der Waals surface area contributed by atoms with Crippen LogP contribution in [0.3, 0.4) is 0 Å². The summed E-state index contributed by atoms with van der Waals surface area (Å²) < 4.78 is 10.9. The van der Waals surface area contributed by atoms with Gasteiger partial charge in [0, 0.05) is 17.9 Å². The summed E-state index contributed by atoms with van der Waals surface area (Å²) in [7, 11) is 0. The molecule has 0 saturated heterocycles. The molecule has 162 valence electrons. The van der Waals surface area contributed by atoms with E-state index in [1.54, 1.807) is 24.5 Å². The third kappa shape index (κ3) is 4.26. The van der Waals surface area contributed by atoms with Gasteiger partial charge in [-0.1, -0.05) is 30.2 Å². The van der Waals surface area contributed by atoms with Crippen molar-refractivity contribution in [2.24, 2.45) is 22.9 Å². The van der Waals surface area contributed by atoms with Crippen molar-refractivity contribution < 1.29 is 18.7 Å². The minimum atomic E-state index is -0.363. The average molecular weight is 441 g/mol. The number of nitrogens with zero attached hydrogens (tertiary/aromatic N) is 2. The maximum absolute atomic E-state index is 12.9. The summed E-state index contributed by atoms with van der Waals surface area (Å²) >= 11 is 5.99. The monoisotopic (exact) mass is 440 g/mol. The molecule has 1 amide bonds. The molecule has 0 unspecified atom stereocenters. The van der Waals surface area contributed by atoms with Crippen LogP contribution in [0.5, 0.6) is 0 Å². The topological polar surface area (TPSA) is 72.1 Å². The van der Waals surface area contributed by atoms with E-state index in [0.29, 0.717) is 35.5 Å². The maximum atomic E-state index is 12.9. The number of rotatable bonds is 6. The van der Waals surface area contributed by atoms with E-state index in [-0.39, 0.29) is 24.5 Å². The number of hydrogen-bond acceptors (Lipinski definition) is 5. The van der Waals surface area contributed by atoms with Crippen LogP contribution < -0.4 is 0 Å². The van der Waals surface area contributed by atoms with Crippen LogP contribution in [0.1, 0.15) is 55.9 Å². The second kappa shape index (κ2) is 8.50. The Labute approximate surface area is 186 Å². The summed E-state index contributed by atoms with van der Waals surface area (Å²) in [6.07, 6.45) is 7.39. The van der Waals surface area contributed by atoms with Crippen molar-refractivity contribution >= 4 is 29.2 Å². The van der Waals surface area contributed by atoms with Gasteiger partial charge in [-0.05, 0) is 66.8 Å². The molecule has 2 heterocycles. The van der Waals surface area contributed by atoms with Crippen LogP contribution in [0.25, 0.3) is 0 Å². The Bertz CT molecular complexity index is 986. The number of carbonyl (C=O) groups excluding carboxylic acids is 2. The lowest BCUT2D eigenvalue weighted by Crippen LogP contribution is -2.31. The number of furan rings is 1. The van der Waals surface area contributed by atoms with Crippen molar-refractivity contribution in [1.29, 1.82) is 0 Å². The SMILES string of the molecule is O=C(C[C@@H]1C[C@@H]2CC[C@@H]1C2)OCC(=O)N1N=C(c2ccc(Cl)cc2)C[C@H]1c1ccco1. The van der Waals surface area contributed by atoms with Crippen LogP contribution >= 0.6 is 11.6 Å². The van der Waals surface area contributed by atoms with Gasteiger partial charge in [0.05, 0.1) is 12.0 Å². The largest absolute Gasteiger partial charge is 0.467 e. The van der Waals surface area contributed by atoms with Gasteiger partial charge in [0.15, 0.2) is 6.61 Å². The van der Waals surface area contributed by atoms with Crippen LogP contribution in [0.4, 0.5) is 0 Å². The number of ether oxygens (including phenoxy) is 1. The van der Waals surface area contributed by atoms with E-state index in [1.165, 1.54) is 24.3 Å². The Hall–Kier alpha value is -2.60. The number of amides is 1. The Morgan fingerprint density at radius 2 is 2.00 bits per heavy atom. The Morgan fingerprint density at radius 3 is 2.68 bits per heavy atom. The Morgan fingerprint density at radius 1 is 1.16 bits per heavy atom. The number of fused-ring (bicyclic) bond motifs is 2. The number of halogens is 1. The molecule has 5 rings (SSSR count). The fourth-order valence-corrected chi connectivity index (χ4v) is 5.49. The Balaban J connectivity index is 1.24. The van der Waals surface area contributed by atoms with Gasteiger partial charge in [-0.25, -0.2) is 5.01 Å². The van der Waals surface area contributed by atoms with E-state index in [0.717, 1.165) is 23.6 Å². The average Bonchev–Trinajstić information content (AvgIpc) is 3.56. The first-order valence-corrected chi connectivity index (χ1v) is 11.3. The molecule has 0 radical (unpaired) electrons. The van der Waals surface area contributed by atoms with Crippen molar-refractivity contribution in [3.63, 3.8) is 0 Å². The predicted octanol–water partition coefficient (Wildman–Crippen LogP) is 4.98. The zero-order valence-corrected chi connectivity index (χ0v) is 18.0. The molecule has 2 bridgehead atoms. The second-order valence-corrected chi connectivity index (χ2v) is 9.26. The molecule has 0 N–H and O–H groups in total. The third-order valence-corrected chi connectivity index (χ3v) is 7.14. The minimum absolute atomic E-state index is 0.290. The van der Waals surface area contributed by atoms with Gasteiger partial charge < -0.3 is 9.15 Å². The molecule has 2 saturated carbocycles. The number of hydrogen-bond donors (Lipinski definition) is 0.